The third kappa shape index (κ3) is 1.81. The normalized spacial score (nSPS) is 27.7. The summed E-state index contributed by atoms with van der Waals surface area (Å²) in [7, 11) is 2.11. The molecule has 2 aliphatic heterocycles. The summed E-state index contributed by atoms with van der Waals surface area (Å²) in [6.07, 6.45) is 1.02. The van der Waals surface area contributed by atoms with E-state index in [2.05, 4.69) is 11.9 Å². The third-order valence-corrected chi connectivity index (χ3v) is 4.24. The van der Waals surface area contributed by atoms with Gasteiger partial charge in [0.1, 0.15) is 5.75 Å². The minimum atomic E-state index is 0.273. The summed E-state index contributed by atoms with van der Waals surface area (Å²) < 4.78 is 5.50. The van der Waals surface area contributed by atoms with Gasteiger partial charge in [0.15, 0.2) is 0 Å². The Hall–Kier alpha value is -1.10. The summed E-state index contributed by atoms with van der Waals surface area (Å²) in [5, 5.41) is 10.2. The zero-order chi connectivity index (χ0) is 12.7. The molecule has 1 fully saturated rings. The molecule has 4 heteroatoms. The van der Waals surface area contributed by atoms with Crippen LogP contribution in [0.25, 0.3) is 0 Å². The van der Waals surface area contributed by atoms with Crippen molar-refractivity contribution in [3.63, 3.8) is 0 Å². The average Bonchev–Trinajstić information content (AvgIpc) is 2.96. The zero-order valence-electron chi connectivity index (χ0n) is 10.7. The molecule has 18 heavy (non-hydrogen) atoms. The van der Waals surface area contributed by atoms with Crippen molar-refractivity contribution in [2.24, 2.45) is 11.7 Å². The van der Waals surface area contributed by atoms with Gasteiger partial charge in [-0.3, -0.25) is 4.90 Å². The van der Waals surface area contributed by atoms with Crippen molar-refractivity contribution in [2.75, 3.05) is 20.1 Å². The van der Waals surface area contributed by atoms with Gasteiger partial charge in [0.25, 0.3) is 0 Å². The molecule has 0 aromatic heterocycles. The second-order valence-corrected chi connectivity index (χ2v) is 5.42. The van der Waals surface area contributed by atoms with Crippen LogP contribution in [0.5, 0.6) is 5.75 Å². The molecule has 4 nitrogen and oxygen atoms in total. The Labute approximate surface area is 107 Å². The number of benzene rings is 1. The topological polar surface area (TPSA) is 58.7 Å². The number of fused-ring (bicyclic) bond motifs is 1. The molecule has 0 saturated carbocycles. The number of hydrogen-bond donors (Lipinski definition) is 2. The van der Waals surface area contributed by atoms with E-state index in [1.807, 2.05) is 6.07 Å². The Morgan fingerprint density at radius 3 is 3.00 bits per heavy atom. The van der Waals surface area contributed by atoms with Crippen LogP contribution in [0.3, 0.4) is 0 Å². The van der Waals surface area contributed by atoms with Crippen LogP contribution in [0, 0.1) is 5.92 Å². The molecule has 3 rings (SSSR count). The zero-order valence-corrected chi connectivity index (χ0v) is 10.7. The van der Waals surface area contributed by atoms with E-state index in [1.165, 1.54) is 11.1 Å². The number of likely N-dealkylation sites (tertiary alicyclic amines) is 1. The van der Waals surface area contributed by atoms with Crippen molar-refractivity contribution in [2.45, 2.75) is 25.7 Å². The highest BCUT2D eigenvalue weighted by Gasteiger charge is 2.34. The molecule has 1 aromatic rings. The summed E-state index contributed by atoms with van der Waals surface area (Å²) in [6.45, 7) is 3.01. The van der Waals surface area contributed by atoms with Crippen molar-refractivity contribution in [1.82, 2.24) is 4.90 Å². The molecule has 98 valence electrons. The Bertz CT molecular complexity index is 461. The van der Waals surface area contributed by atoms with E-state index in [0.717, 1.165) is 18.5 Å². The number of phenols is 1. The predicted molar refractivity (Wildman–Crippen MR) is 69.1 cm³/mol. The summed E-state index contributed by atoms with van der Waals surface area (Å²) in [4.78, 5) is 2.30. The second-order valence-electron chi connectivity index (χ2n) is 5.42. The number of ether oxygens (including phenoxy) is 1. The Balaban J connectivity index is 1.99. The summed E-state index contributed by atoms with van der Waals surface area (Å²) in [5.41, 5.74) is 9.23. The second kappa shape index (κ2) is 4.53. The lowest BCUT2D eigenvalue weighted by Gasteiger charge is -2.23. The monoisotopic (exact) mass is 248 g/mol. The summed E-state index contributed by atoms with van der Waals surface area (Å²) >= 11 is 0. The first-order chi connectivity index (χ1) is 8.70. The van der Waals surface area contributed by atoms with Crippen LogP contribution in [0.4, 0.5) is 0 Å². The molecule has 3 N–H and O–H groups in total. The fourth-order valence-electron chi connectivity index (χ4n) is 3.25. The largest absolute Gasteiger partial charge is 0.508 e. The number of nitrogens with two attached hydrogens (primary N) is 1. The van der Waals surface area contributed by atoms with Crippen LogP contribution in [-0.4, -0.2) is 30.1 Å². The molecule has 0 spiro atoms. The molecule has 1 aromatic carbocycles. The third-order valence-electron chi connectivity index (χ3n) is 4.24. The summed E-state index contributed by atoms with van der Waals surface area (Å²) in [6, 6.07) is 4.04. The quantitative estimate of drug-likeness (QED) is 0.830. The first-order valence-corrected chi connectivity index (χ1v) is 6.52. The molecular formula is C14H20N2O2. The van der Waals surface area contributed by atoms with E-state index in [9.17, 15) is 5.11 Å². The van der Waals surface area contributed by atoms with E-state index in [0.29, 0.717) is 31.4 Å². The highest BCUT2D eigenvalue weighted by atomic mass is 16.5. The standard InChI is InChI=1S/C14H20N2O2/c1-16-6-9(5-15)4-12(16)14-11-8-18-7-10(11)2-3-13(14)17/h2-3,9,12,17H,4-8,15H2,1H3. The van der Waals surface area contributed by atoms with E-state index in [1.54, 1.807) is 6.07 Å². The molecule has 0 amide bonds. The van der Waals surface area contributed by atoms with Crippen molar-refractivity contribution >= 4 is 0 Å². The lowest BCUT2D eigenvalue weighted by atomic mass is 9.93. The minimum absolute atomic E-state index is 0.273. The van der Waals surface area contributed by atoms with Crippen molar-refractivity contribution < 1.29 is 9.84 Å². The van der Waals surface area contributed by atoms with Gasteiger partial charge in [-0.05, 0) is 43.1 Å². The van der Waals surface area contributed by atoms with Crippen LogP contribution in [0.1, 0.15) is 29.2 Å². The smallest absolute Gasteiger partial charge is 0.120 e. The lowest BCUT2D eigenvalue weighted by Crippen LogP contribution is -2.21. The van der Waals surface area contributed by atoms with Gasteiger partial charge < -0.3 is 15.6 Å². The number of aromatic hydroxyl groups is 1. The molecule has 0 bridgehead atoms. The van der Waals surface area contributed by atoms with Crippen molar-refractivity contribution in [1.29, 1.82) is 0 Å². The first-order valence-electron chi connectivity index (χ1n) is 6.52. The molecule has 2 atom stereocenters. The van der Waals surface area contributed by atoms with E-state index in [4.69, 9.17) is 10.5 Å². The van der Waals surface area contributed by atoms with Gasteiger partial charge in [-0.1, -0.05) is 6.07 Å². The average molecular weight is 248 g/mol. The lowest BCUT2D eigenvalue weighted by molar-refractivity contribution is 0.133. The highest BCUT2D eigenvalue weighted by Crippen LogP contribution is 2.42. The molecule has 0 radical (unpaired) electrons. The highest BCUT2D eigenvalue weighted by molar-refractivity contribution is 5.47. The van der Waals surface area contributed by atoms with Crippen molar-refractivity contribution in [3.8, 4) is 5.75 Å². The van der Waals surface area contributed by atoms with E-state index >= 15 is 0 Å². The van der Waals surface area contributed by atoms with Crippen LogP contribution < -0.4 is 5.73 Å². The molecule has 2 unspecified atom stereocenters. The maximum Gasteiger partial charge on any atom is 0.120 e. The Kier molecular flexibility index (Phi) is 3.01. The van der Waals surface area contributed by atoms with Crippen LogP contribution in [0.15, 0.2) is 12.1 Å². The first kappa shape index (κ1) is 12.0. The maximum absolute atomic E-state index is 10.2. The SMILES string of the molecule is CN1CC(CN)CC1c1c(O)ccc2c1COC2. The summed E-state index contributed by atoms with van der Waals surface area (Å²) in [5.74, 6) is 0.923. The fourth-order valence-corrected chi connectivity index (χ4v) is 3.25. The van der Waals surface area contributed by atoms with Gasteiger partial charge in [-0.2, -0.15) is 0 Å². The fraction of sp³-hybridized carbons (Fsp3) is 0.571. The van der Waals surface area contributed by atoms with Crippen LogP contribution in [-0.2, 0) is 18.0 Å². The number of phenolic OH excluding ortho intramolecular Hbond substituents is 1. The molecular weight excluding hydrogens is 228 g/mol. The van der Waals surface area contributed by atoms with Crippen LogP contribution >= 0.6 is 0 Å². The van der Waals surface area contributed by atoms with Gasteiger partial charge >= 0.3 is 0 Å². The molecule has 1 saturated heterocycles. The van der Waals surface area contributed by atoms with Crippen molar-refractivity contribution in [3.05, 3.63) is 28.8 Å². The van der Waals surface area contributed by atoms with Crippen LogP contribution in [0.2, 0.25) is 0 Å². The van der Waals surface area contributed by atoms with Gasteiger partial charge in [-0.15, -0.1) is 0 Å². The van der Waals surface area contributed by atoms with E-state index < -0.39 is 0 Å². The number of nitrogens with zero attached hydrogens (tertiary/aromatic N) is 1. The Morgan fingerprint density at radius 2 is 2.28 bits per heavy atom. The molecule has 0 aliphatic carbocycles. The molecule has 2 heterocycles. The maximum atomic E-state index is 10.2. The molecule has 2 aliphatic rings. The van der Waals surface area contributed by atoms with Gasteiger partial charge in [0, 0.05) is 18.2 Å². The predicted octanol–water partition coefficient (Wildman–Crippen LogP) is 1.37. The van der Waals surface area contributed by atoms with Gasteiger partial charge in [-0.25, -0.2) is 0 Å². The van der Waals surface area contributed by atoms with Gasteiger partial charge in [0.2, 0.25) is 0 Å². The number of rotatable bonds is 2. The Morgan fingerprint density at radius 1 is 1.44 bits per heavy atom. The van der Waals surface area contributed by atoms with Gasteiger partial charge in [0.05, 0.1) is 13.2 Å². The minimum Gasteiger partial charge on any atom is -0.508 e. The van der Waals surface area contributed by atoms with E-state index in [-0.39, 0.29) is 6.04 Å². The number of hydrogen-bond acceptors (Lipinski definition) is 4.